The summed E-state index contributed by atoms with van der Waals surface area (Å²) < 4.78 is 0.545. The molecule has 7 heteroatoms. The monoisotopic (exact) mass is 306 g/mol. The van der Waals surface area contributed by atoms with Crippen LogP contribution in [0.15, 0.2) is 16.7 Å². The van der Waals surface area contributed by atoms with Gasteiger partial charge >= 0.3 is 5.97 Å². The van der Waals surface area contributed by atoms with E-state index in [9.17, 15) is 9.59 Å². The third kappa shape index (κ3) is 4.16. The summed E-state index contributed by atoms with van der Waals surface area (Å²) in [4.78, 5) is 25.4. The SMILES string of the molecule is O=C(O)CCC(=O)Nc1ncc(Cl)cc1Br. The van der Waals surface area contributed by atoms with Crippen LogP contribution < -0.4 is 5.32 Å². The number of nitrogens with zero attached hydrogens (tertiary/aromatic N) is 1. The summed E-state index contributed by atoms with van der Waals surface area (Å²) in [7, 11) is 0. The van der Waals surface area contributed by atoms with Gasteiger partial charge in [-0.1, -0.05) is 11.6 Å². The maximum Gasteiger partial charge on any atom is 0.303 e. The van der Waals surface area contributed by atoms with E-state index in [1.54, 1.807) is 6.07 Å². The Labute approximate surface area is 105 Å². The first-order chi connectivity index (χ1) is 7.49. The molecule has 0 saturated heterocycles. The maximum atomic E-state index is 11.3. The minimum atomic E-state index is -1.02. The Morgan fingerprint density at radius 2 is 2.19 bits per heavy atom. The van der Waals surface area contributed by atoms with Gasteiger partial charge in [0, 0.05) is 12.6 Å². The average Bonchev–Trinajstić information content (AvgIpc) is 2.19. The highest BCUT2D eigenvalue weighted by atomic mass is 79.9. The number of carboxylic acid groups (broad SMARTS) is 1. The normalized spacial score (nSPS) is 9.88. The molecule has 1 aromatic heterocycles. The summed E-state index contributed by atoms with van der Waals surface area (Å²) in [5, 5.41) is 11.3. The van der Waals surface area contributed by atoms with Crippen molar-refractivity contribution in [2.75, 3.05) is 5.32 Å². The maximum absolute atomic E-state index is 11.3. The summed E-state index contributed by atoms with van der Waals surface area (Å²) in [5.74, 6) is -1.10. The molecule has 2 N–H and O–H groups in total. The fourth-order valence-corrected chi connectivity index (χ4v) is 1.66. The van der Waals surface area contributed by atoms with Gasteiger partial charge in [-0.15, -0.1) is 0 Å². The van der Waals surface area contributed by atoms with Crippen molar-refractivity contribution in [1.82, 2.24) is 4.98 Å². The predicted molar refractivity (Wildman–Crippen MR) is 62.4 cm³/mol. The molecule has 0 atom stereocenters. The molecule has 1 heterocycles. The van der Waals surface area contributed by atoms with Gasteiger partial charge in [-0.3, -0.25) is 9.59 Å². The standard InChI is InChI=1S/C9H8BrClN2O3/c10-6-3-5(11)4-12-9(6)13-7(14)1-2-8(15)16/h3-4H,1-2H2,(H,15,16)(H,12,13,14). The van der Waals surface area contributed by atoms with Gasteiger partial charge in [0.05, 0.1) is 15.9 Å². The van der Waals surface area contributed by atoms with Gasteiger partial charge < -0.3 is 10.4 Å². The van der Waals surface area contributed by atoms with Crippen LogP contribution in [-0.4, -0.2) is 22.0 Å². The highest BCUT2D eigenvalue weighted by molar-refractivity contribution is 9.10. The number of rotatable bonds is 4. The number of aliphatic carboxylic acids is 1. The number of amides is 1. The van der Waals surface area contributed by atoms with Gasteiger partial charge in [0.1, 0.15) is 5.82 Å². The smallest absolute Gasteiger partial charge is 0.303 e. The van der Waals surface area contributed by atoms with Crippen molar-refractivity contribution in [3.63, 3.8) is 0 Å². The van der Waals surface area contributed by atoms with Crippen molar-refractivity contribution < 1.29 is 14.7 Å². The lowest BCUT2D eigenvalue weighted by Gasteiger charge is -2.05. The molecule has 0 unspecified atom stereocenters. The van der Waals surface area contributed by atoms with Crippen LogP contribution in [0.25, 0.3) is 0 Å². The van der Waals surface area contributed by atoms with E-state index < -0.39 is 11.9 Å². The lowest BCUT2D eigenvalue weighted by Crippen LogP contribution is -2.14. The van der Waals surface area contributed by atoms with Gasteiger partial charge in [0.2, 0.25) is 5.91 Å². The first kappa shape index (κ1) is 12.9. The third-order valence-corrected chi connectivity index (χ3v) is 2.44. The molecule has 1 aromatic rings. The van der Waals surface area contributed by atoms with E-state index in [-0.39, 0.29) is 12.8 Å². The minimum absolute atomic E-state index is 0.0912. The molecule has 0 bridgehead atoms. The molecule has 5 nitrogen and oxygen atoms in total. The third-order valence-electron chi connectivity index (χ3n) is 1.63. The lowest BCUT2D eigenvalue weighted by atomic mass is 10.3. The van der Waals surface area contributed by atoms with Crippen LogP contribution in [0.4, 0.5) is 5.82 Å². The Morgan fingerprint density at radius 3 is 2.75 bits per heavy atom. The molecule has 0 radical (unpaired) electrons. The summed E-state index contributed by atoms with van der Waals surface area (Å²) in [6.07, 6.45) is 1.09. The fourth-order valence-electron chi connectivity index (χ4n) is 0.922. The van der Waals surface area contributed by atoms with Crippen LogP contribution in [0, 0.1) is 0 Å². The van der Waals surface area contributed by atoms with Crippen LogP contribution in [0.5, 0.6) is 0 Å². The van der Waals surface area contributed by atoms with E-state index in [0.29, 0.717) is 15.3 Å². The minimum Gasteiger partial charge on any atom is -0.481 e. The largest absolute Gasteiger partial charge is 0.481 e. The second-order valence-electron chi connectivity index (χ2n) is 2.93. The van der Waals surface area contributed by atoms with Crippen molar-refractivity contribution in [2.45, 2.75) is 12.8 Å². The number of anilines is 1. The number of carbonyl (C=O) groups is 2. The van der Waals surface area contributed by atoms with E-state index in [1.807, 2.05) is 0 Å². The Morgan fingerprint density at radius 1 is 1.50 bits per heavy atom. The number of hydrogen-bond acceptors (Lipinski definition) is 3. The van der Waals surface area contributed by atoms with Crippen molar-refractivity contribution in [3.8, 4) is 0 Å². The van der Waals surface area contributed by atoms with E-state index in [0.717, 1.165) is 0 Å². The van der Waals surface area contributed by atoms with Gasteiger partial charge in [0.25, 0.3) is 0 Å². The van der Waals surface area contributed by atoms with Crippen molar-refractivity contribution in [2.24, 2.45) is 0 Å². The zero-order chi connectivity index (χ0) is 12.1. The first-order valence-electron chi connectivity index (χ1n) is 4.31. The Balaban J connectivity index is 2.59. The van der Waals surface area contributed by atoms with Crippen molar-refractivity contribution >= 4 is 45.2 Å². The molecule has 0 aliphatic heterocycles. The molecule has 0 spiro atoms. The summed E-state index contributed by atoms with van der Waals surface area (Å²) in [6, 6.07) is 1.58. The Hall–Kier alpha value is -1.14. The number of pyridine rings is 1. The van der Waals surface area contributed by atoms with Crippen molar-refractivity contribution in [1.29, 1.82) is 0 Å². The topological polar surface area (TPSA) is 79.3 Å². The molecule has 16 heavy (non-hydrogen) atoms. The molecular weight excluding hydrogens is 299 g/mol. The Kier molecular flexibility index (Phi) is 4.70. The van der Waals surface area contributed by atoms with Gasteiger partial charge in [-0.2, -0.15) is 0 Å². The van der Waals surface area contributed by atoms with Crippen molar-refractivity contribution in [3.05, 3.63) is 21.8 Å². The zero-order valence-corrected chi connectivity index (χ0v) is 10.4. The molecule has 0 fully saturated rings. The second-order valence-corrected chi connectivity index (χ2v) is 4.22. The number of nitrogens with one attached hydrogen (secondary N) is 1. The van der Waals surface area contributed by atoms with E-state index >= 15 is 0 Å². The predicted octanol–water partition coefficient (Wildman–Crippen LogP) is 2.30. The second kappa shape index (κ2) is 5.81. The number of carboxylic acids is 1. The average molecular weight is 308 g/mol. The molecule has 0 saturated carbocycles. The summed E-state index contributed by atoms with van der Waals surface area (Å²) >= 11 is 8.85. The van der Waals surface area contributed by atoms with Crippen LogP contribution >= 0.6 is 27.5 Å². The van der Waals surface area contributed by atoms with E-state index in [1.165, 1.54) is 6.20 Å². The lowest BCUT2D eigenvalue weighted by molar-refractivity contribution is -0.138. The number of hydrogen-bond donors (Lipinski definition) is 2. The van der Waals surface area contributed by atoms with Crippen LogP contribution in [0.1, 0.15) is 12.8 Å². The zero-order valence-electron chi connectivity index (χ0n) is 8.04. The van der Waals surface area contributed by atoms with Gasteiger partial charge in [-0.25, -0.2) is 4.98 Å². The molecule has 0 aliphatic carbocycles. The molecule has 1 amide bonds. The van der Waals surface area contributed by atoms with Gasteiger partial charge in [0.15, 0.2) is 0 Å². The highest BCUT2D eigenvalue weighted by Gasteiger charge is 2.09. The number of carbonyl (C=O) groups excluding carboxylic acids is 1. The molecular formula is C9H8BrClN2O3. The van der Waals surface area contributed by atoms with Crippen LogP contribution in [0.2, 0.25) is 5.02 Å². The summed E-state index contributed by atoms with van der Waals surface area (Å²) in [6.45, 7) is 0. The molecule has 0 aliphatic rings. The van der Waals surface area contributed by atoms with E-state index in [2.05, 4.69) is 26.2 Å². The quantitative estimate of drug-likeness (QED) is 0.894. The van der Waals surface area contributed by atoms with Crippen LogP contribution in [0.3, 0.4) is 0 Å². The first-order valence-corrected chi connectivity index (χ1v) is 5.49. The highest BCUT2D eigenvalue weighted by Crippen LogP contribution is 2.23. The van der Waals surface area contributed by atoms with Gasteiger partial charge in [-0.05, 0) is 22.0 Å². The Bertz CT molecular complexity index is 425. The molecule has 0 aromatic carbocycles. The van der Waals surface area contributed by atoms with Crippen LogP contribution in [-0.2, 0) is 9.59 Å². The number of halogens is 2. The fraction of sp³-hybridized carbons (Fsp3) is 0.222. The summed E-state index contributed by atoms with van der Waals surface area (Å²) in [5.41, 5.74) is 0. The van der Waals surface area contributed by atoms with E-state index in [4.69, 9.17) is 16.7 Å². The molecule has 1 rings (SSSR count). The molecule has 86 valence electrons. The number of aromatic nitrogens is 1.